The summed E-state index contributed by atoms with van der Waals surface area (Å²) in [6.07, 6.45) is 2.09. The molecule has 0 radical (unpaired) electrons. The van der Waals surface area contributed by atoms with Crippen molar-refractivity contribution in [1.82, 2.24) is 9.55 Å². The summed E-state index contributed by atoms with van der Waals surface area (Å²) in [7, 11) is 0. The fraction of sp³-hybridized carbons (Fsp3) is 0.400. The molecule has 2 aromatic rings. The Labute approximate surface area is 123 Å². The van der Waals surface area contributed by atoms with E-state index in [-0.39, 0.29) is 6.04 Å². The minimum Gasteiger partial charge on any atom is -0.353 e. The van der Waals surface area contributed by atoms with Gasteiger partial charge >= 0.3 is 0 Å². The van der Waals surface area contributed by atoms with Crippen molar-refractivity contribution in [3.8, 4) is 0 Å². The minimum absolute atomic E-state index is 0.260. The third-order valence-electron chi connectivity index (χ3n) is 3.04. The van der Waals surface area contributed by atoms with Crippen LogP contribution in [0.1, 0.15) is 38.1 Å². The van der Waals surface area contributed by atoms with Crippen LogP contribution in [0.4, 0.5) is 5.95 Å². The molecule has 4 heteroatoms. The molecule has 0 saturated heterocycles. The Morgan fingerprint density at radius 2 is 1.79 bits per heavy atom. The van der Waals surface area contributed by atoms with Gasteiger partial charge in [0.25, 0.3) is 0 Å². The van der Waals surface area contributed by atoms with E-state index in [2.05, 4.69) is 82.0 Å². The number of aromatic nitrogens is 2. The lowest BCUT2D eigenvalue weighted by molar-refractivity contribution is 0.638. The normalized spacial score (nSPS) is 12.7. The Balaban J connectivity index is 2.32. The van der Waals surface area contributed by atoms with Gasteiger partial charge in [-0.15, -0.1) is 0 Å². The Bertz CT molecular complexity index is 543. The zero-order valence-electron chi connectivity index (χ0n) is 11.8. The van der Waals surface area contributed by atoms with Crippen molar-refractivity contribution in [2.75, 3.05) is 5.32 Å². The molecule has 1 aromatic carbocycles. The molecule has 1 aromatic heterocycles. The van der Waals surface area contributed by atoms with Crippen molar-refractivity contribution >= 4 is 21.9 Å². The number of nitrogens with zero attached hydrogens (tertiary/aromatic N) is 2. The molecule has 0 aliphatic rings. The predicted molar refractivity (Wildman–Crippen MR) is 83.7 cm³/mol. The molecule has 19 heavy (non-hydrogen) atoms. The van der Waals surface area contributed by atoms with Crippen LogP contribution in [0.3, 0.4) is 0 Å². The van der Waals surface area contributed by atoms with E-state index < -0.39 is 0 Å². The standard InChI is InChI=1S/C15H20BrN3/c1-10(2)17-15-18-11(3)9-19(15)12(4)13-5-7-14(16)8-6-13/h5-10,12H,1-4H3,(H,17,18). The van der Waals surface area contributed by atoms with Gasteiger partial charge in [0, 0.05) is 16.7 Å². The van der Waals surface area contributed by atoms with E-state index in [1.807, 2.05) is 6.92 Å². The topological polar surface area (TPSA) is 29.9 Å². The first kappa shape index (κ1) is 14.1. The third kappa shape index (κ3) is 3.38. The fourth-order valence-electron chi connectivity index (χ4n) is 2.08. The molecule has 0 aliphatic heterocycles. The van der Waals surface area contributed by atoms with Crippen LogP contribution in [0, 0.1) is 6.92 Å². The van der Waals surface area contributed by atoms with E-state index in [0.717, 1.165) is 16.1 Å². The second-order valence-corrected chi connectivity index (χ2v) is 6.06. The number of aryl methyl sites for hydroxylation is 1. The first-order chi connectivity index (χ1) is 8.97. The van der Waals surface area contributed by atoms with Crippen LogP contribution in [0.25, 0.3) is 0 Å². The lowest BCUT2D eigenvalue weighted by atomic mass is 10.1. The van der Waals surface area contributed by atoms with Crippen LogP contribution in [-0.2, 0) is 0 Å². The zero-order valence-corrected chi connectivity index (χ0v) is 13.4. The number of halogens is 1. The highest BCUT2D eigenvalue weighted by molar-refractivity contribution is 9.10. The highest BCUT2D eigenvalue weighted by atomic mass is 79.9. The molecular weight excluding hydrogens is 302 g/mol. The summed E-state index contributed by atoms with van der Waals surface area (Å²) in [6, 6.07) is 9.07. The molecular formula is C15H20BrN3. The number of nitrogens with one attached hydrogen (secondary N) is 1. The van der Waals surface area contributed by atoms with Gasteiger partial charge in [0.1, 0.15) is 0 Å². The number of imidazole rings is 1. The monoisotopic (exact) mass is 321 g/mol. The Morgan fingerprint density at radius 3 is 2.37 bits per heavy atom. The van der Waals surface area contributed by atoms with Crippen molar-refractivity contribution in [3.63, 3.8) is 0 Å². The highest BCUT2D eigenvalue weighted by Crippen LogP contribution is 2.24. The summed E-state index contributed by atoms with van der Waals surface area (Å²) < 4.78 is 3.30. The lowest BCUT2D eigenvalue weighted by Gasteiger charge is -2.18. The Morgan fingerprint density at radius 1 is 1.16 bits per heavy atom. The molecule has 3 nitrogen and oxygen atoms in total. The molecule has 1 N–H and O–H groups in total. The first-order valence-corrected chi connectivity index (χ1v) is 7.34. The van der Waals surface area contributed by atoms with E-state index in [1.54, 1.807) is 0 Å². The third-order valence-corrected chi connectivity index (χ3v) is 3.57. The van der Waals surface area contributed by atoms with Crippen molar-refractivity contribution in [1.29, 1.82) is 0 Å². The molecule has 0 bridgehead atoms. The predicted octanol–water partition coefficient (Wildman–Crippen LogP) is 4.38. The van der Waals surface area contributed by atoms with Gasteiger partial charge < -0.3 is 9.88 Å². The van der Waals surface area contributed by atoms with Gasteiger partial charge in [0.2, 0.25) is 5.95 Å². The van der Waals surface area contributed by atoms with Crippen molar-refractivity contribution in [2.24, 2.45) is 0 Å². The number of rotatable bonds is 4. The van der Waals surface area contributed by atoms with Crippen LogP contribution in [0.5, 0.6) is 0 Å². The van der Waals surface area contributed by atoms with Crippen molar-refractivity contribution in [3.05, 3.63) is 46.2 Å². The molecule has 1 atom stereocenters. The summed E-state index contributed by atoms with van der Waals surface area (Å²) in [5.74, 6) is 0.933. The zero-order chi connectivity index (χ0) is 14.0. The SMILES string of the molecule is Cc1cn(C(C)c2ccc(Br)cc2)c(NC(C)C)n1. The summed E-state index contributed by atoms with van der Waals surface area (Å²) in [6.45, 7) is 8.46. The average molecular weight is 322 g/mol. The maximum Gasteiger partial charge on any atom is 0.203 e. The number of hydrogen-bond acceptors (Lipinski definition) is 2. The molecule has 0 saturated carbocycles. The first-order valence-electron chi connectivity index (χ1n) is 6.55. The quantitative estimate of drug-likeness (QED) is 0.905. The van der Waals surface area contributed by atoms with Gasteiger partial charge in [-0.2, -0.15) is 0 Å². The smallest absolute Gasteiger partial charge is 0.203 e. The van der Waals surface area contributed by atoms with Crippen LogP contribution in [0.15, 0.2) is 34.9 Å². The van der Waals surface area contributed by atoms with Crippen LogP contribution in [0.2, 0.25) is 0 Å². The van der Waals surface area contributed by atoms with Crippen molar-refractivity contribution in [2.45, 2.75) is 39.8 Å². The highest BCUT2D eigenvalue weighted by Gasteiger charge is 2.14. The van der Waals surface area contributed by atoms with E-state index >= 15 is 0 Å². The molecule has 0 amide bonds. The van der Waals surface area contributed by atoms with E-state index in [1.165, 1.54) is 5.56 Å². The van der Waals surface area contributed by atoms with E-state index in [9.17, 15) is 0 Å². The van der Waals surface area contributed by atoms with E-state index in [4.69, 9.17) is 0 Å². The van der Waals surface area contributed by atoms with Crippen LogP contribution in [-0.4, -0.2) is 15.6 Å². The van der Waals surface area contributed by atoms with Gasteiger partial charge in [-0.3, -0.25) is 0 Å². The second-order valence-electron chi connectivity index (χ2n) is 5.14. The van der Waals surface area contributed by atoms with Crippen LogP contribution < -0.4 is 5.32 Å². The molecule has 0 spiro atoms. The average Bonchev–Trinajstić information content (AvgIpc) is 2.69. The Kier molecular flexibility index (Phi) is 4.30. The van der Waals surface area contributed by atoms with Gasteiger partial charge in [0.05, 0.1) is 11.7 Å². The molecule has 1 unspecified atom stereocenters. The van der Waals surface area contributed by atoms with Crippen LogP contribution >= 0.6 is 15.9 Å². The summed E-state index contributed by atoms with van der Waals surface area (Å²) >= 11 is 3.47. The lowest BCUT2D eigenvalue weighted by Crippen LogP contribution is -2.16. The summed E-state index contributed by atoms with van der Waals surface area (Å²) in [5.41, 5.74) is 2.31. The van der Waals surface area contributed by atoms with Crippen molar-refractivity contribution < 1.29 is 0 Å². The second kappa shape index (κ2) is 5.78. The molecule has 102 valence electrons. The number of anilines is 1. The maximum atomic E-state index is 4.56. The van der Waals surface area contributed by atoms with Gasteiger partial charge in [-0.1, -0.05) is 28.1 Å². The molecule has 1 heterocycles. The minimum atomic E-state index is 0.260. The molecule has 0 aliphatic carbocycles. The number of hydrogen-bond donors (Lipinski definition) is 1. The largest absolute Gasteiger partial charge is 0.353 e. The van der Waals surface area contributed by atoms with Gasteiger partial charge in [-0.25, -0.2) is 4.98 Å². The molecule has 2 rings (SSSR count). The van der Waals surface area contributed by atoms with E-state index in [0.29, 0.717) is 6.04 Å². The Hall–Kier alpha value is -1.29. The maximum absolute atomic E-state index is 4.56. The fourth-order valence-corrected chi connectivity index (χ4v) is 2.34. The molecule has 0 fully saturated rings. The van der Waals surface area contributed by atoms with Gasteiger partial charge in [-0.05, 0) is 45.4 Å². The summed E-state index contributed by atoms with van der Waals surface area (Å²) in [5, 5.41) is 3.40. The number of benzene rings is 1. The summed E-state index contributed by atoms with van der Waals surface area (Å²) in [4.78, 5) is 4.56. The van der Waals surface area contributed by atoms with Gasteiger partial charge in [0.15, 0.2) is 0 Å².